The Kier molecular flexibility index (Phi) is 10.6. The fourth-order valence-corrected chi connectivity index (χ4v) is 11.4. The highest BCUT2D eigenvalue weighted by Gasteiger charge is 2.62. The lowest BCUT2D eigenvalue weighted by atomic mass is 9.82. The summed E-state index contributed by atoms with van der Waals surface area (Å²) in [5, 5.41) is 10.2. The lowest BCUT2D eigenvalue weighted by molar-refractivity contribution is 0.257. The number of rotatable bonds is 7. The summed E-state index contributed by atoms with van der Waals surface area (Å²) < 4.78 is 0. The average Bonchev–Trinajstić information content (AvgIpc) is 3.97. The summed E-state index contributed by atoms with van der Waals surface area (Å²) in [6.45, 7) is 0. The number of fused-ring (bicyclic) bond motifs is 4. The van der Waals surface area contributed by atoms with Crippen LogP contribution in [0.15, 0.2) is 214 Å². The molecule has 0 saturated carbocycles. The van der Waals surface area contributed by atoms with Crippen molar-refractivity contribution in [2.24, 2.45) is 20.0 Å². The Balaban J connectivity index is 1.30. The first-order chi connectivity index (χ1) is 33.2. The van der Waals surface area contributed by atoms with E-state index in [1.54, 1.807) is 0 Å². The predicted octanol–water partition coefficient (Wildman–Crippen LogP) is 17.2. The SMILES string of the molecule is Clc1ccccc1C1(C2(c3ccccc3Cl)N=C(c3ccc(Cl)c4ccccc34)C(c3ccc(Cl)c4ccccc34)=N2)N=C(c2ccc(Cl)c3ccccc23)C(c2ccc(Cl)c3ccccc23)=N1. The average molecular weight is 998 g/mol. The quantitative estimate of drug-likeness (QED) is 0.153. The van der Waals surface area contributed by atoms with Gasteiger partial charge in [-0.1, -0.05) is 227 Å². The van der Waals surface area contributed by atoms with E-state index in [4.69, 9.17) is 89.6 Å². The zero-order valence-corrected chi connectivity index (χ0v) is 40.1. The van der Waals surface area contributed by atoms with Gasteiger partial charge in [0.15, 0.2) is 0 Å². The molecule has 0 radical (unpaired) electrons. The molecule has 0 atom stereocenters. The zero-order chi connectivity index (χ0) is 46.3. The molecule has 0 aromatic heterocycles. The van der Waals surface area contributed by atoms with Crippen molar-refractivity contribution in [3.63, 3.8) is 0 Å². The van der Waals surface area contributed by atoms with Crippen LogP contribution >= 0.6 is 69.6 Å². The molecule has 10 aromatic rings. The van der Waals surface area contributed by atoms with Crippen LogP contribution in [-0.2, 0) is 11.3 Å². The molecule has 2 aliphatic rings. The van der Waals surface area contributed by atoms with Crippen molar-refractivity contribution in [3.8, 4) is 0 Å². The third-order valence-corrected chi connectivity index (χ3v) is 15.0. The second-order valence-electron chi connectivity index (χ2n) is 16.7. The molecule has 0 bridgehead atoms. The predicted molar refractivity (Wildman–Crippen MR) is 288 cm³/mol. The van der Waals surface area contributed by atoms with Gasteiger partial charge in [-0.25, -0.2) is 20.0 Å². The van der Waals surface area contributed by atoms with E-state index in [2.05, 4.69) is 24.3 Å². The second kappa shape index (κ2) is 16.7. The van der Waals surface area contributed by atoms with Gasteiger partial charge in [0.1, 0.15) is 0 Å². The van der Waals surface area contributed by atoms with E-state index in [9.17, 15) is 0 Å². The number of hydrogen-bond acceptors (Lipinski definition) is 4. The van der Waals surface area contributed by atoms with Gasteiger partial charge in [0.25, 0.3) is 0 Å². The second-order valence-corrected chi connectivity index (χ2v) is 19.2. The maximum Gasteiger partial charge on any atom is 0.227 e. The Hall–Kier alpha value is -6.34. The molecule has 0 amide bonds. The largest absolute Gasteiger partial charge is 0.243 e. The lowest BCUT2D eigenvalue weighted by Crippen LogP contribution is -2.43. The molecule has 0 saturated heterocycles. The summed E-state index contributed by atoms with van der Waals surface area (Å²) in [7, 11) is 0. The fraction of sp³-hybridized carbons (Fsp3) is 0.0345. The first-order valence-corrected chi connectivity index (χ1v) is 24.0. The van der Waals surface area contributed by atoms with E-state index in [0.717, 1.165) is 65.3 Å². The Bertz CT molecular complexity index is 3450. The molecule has 2 aliphatic heterocycles. The van der Waals surface area contributed by atoms with Gasteiger partial charge in [-0.2, -0.15) is 0 Å². The third kappa shape index (κ3) is 6.58. The molecular formula is C58H32Cl6N4. The van der Waals surface area contributed by atoms with Gasteiger partial charge in [-0.15, -0.1) is 0 Å². The summed E-state index contributed by atoms with van der Waals surface area (Å²) in [4.78, 5) is 24.0. The van der Waals surface area contributed by atoms with Gasteiger partial charge in [-0.05, 0) is 57.9 Å². The minimum Gasteiger partial charge on any atom is -0.243 e. The highest BCUT2D eigenvalue weighted by molar-refractivity contribution is 6.59. The summed E-state index contributed by atoms with van der Waals surface area (Å²) in [6, 6.07) is 63.0. The number of nitrogens with zero attached hydrogens (tertiary/aromatic N) is 4. The molecule has 0 fully saturated rings. The summed E-state index contributed by atoms with van der Waals surface area (Å²) in [5.74, 6) is 0. The summed E-state index contributed by atoms with van der Waals surface area (Å²) in [5.41, 5.74) is 3.04. The van der Waals surface area contributed by atoms with Gasteiger partial charge in [-0.3, -0.25) is 0 Å². The fourth-order valence-electron chi connectivity index (χ4n) is 9.95. The Labute approximate surface area is 421 Å². The lowest BCUT2D eigenvalue weighted by Gasteiger charge is -2.39. The molecule has 326 valence electrons. The molecule has 12 rings (SSSR count). The summed E-state index contributed by atoms with van der Waals surface area (Å²) >= 11 is 42.9. The smallest absolute Gasteiger partial charge is 0.227 e. The van der Waals surface area contributed by atoms with Crippen molar-refractivity contribution < 1.29 is 0 Å². The van der Waals surface area contributed by atoms with Gasteiger partial charge >= 0.3 is 0 Å². The zero-order valence-electron chi connectivity index (χ0n) is 35.5. The minimum absolute atomic E-state index is 0.406. The van der Waals surface area contributed by atoms with Crippen LogP contribution in [0.3, 0.4) is 0 Å². The minimum atomic E-state index is -1.78. The first kappa shape index (κ1) is 43.0. The third-order valence-electron chi connectivity index (χ3n) is 13.0. The molecule has 2 heterocycles. The van der Waals surface area contributed by atoms with Crippen LogP contribution in [0.25, 0.3) is 43.1 Å². The standard InChI is InChI=1S/C58H32Cl6N4/c59-47-29-25-41(33-13-1-5-17-37(33)47)53-54(42-26-30-48(60)38-18-6-2-14-34(38)42)66-57(65-53,45-21-9-11-23-51(45)63)58(46-22-10-12-24-52(46)64)67-55(43-27-31-49(61)39-19-7-3-15-35(39)43)56(68-58)44-28-32-50(62)40-20-8-4-16-36(40)44/h1-32H. The Morgan fingerprint density at radius 2 is 0.441 bits per heavy atom. The van der Waals surface area contributed by atoms with E-state index in [1.165, 1.54) is 0 Å². The maximum absolute atomic E-state index is 7.55. The van der Waals surface area contributed by atoms with Crippen LogP contribution in [0.5, 0.6) is 0 Å². The van der Waals surface area contributed by atoms with Crippen LogP contribution in [-0.4, -0.2) is 22.8 Å². The van der Waals surface area contributed by atoms with E-state index in [1.807, 2.05) is 170 Å². The number of halogens is 6. The van der Waals surface area contributed by atoms with Crippen LogP contribution in [0.1, 0.15) is 33.4 Å². The van der Waals surface area contributed by atoms with Crippen molar-refractivity contribution in [2.45, 2.75) is 11.3 Å². The summed E-state index contributed by atoms with van der Waals surface area (Å²) in [6.07, 6.45) is 0. The number of hydrogen-bond donors (Lipinski definition) is 0. The van der Waals surface area contributed by atoms with Gasteiger partial charge in [0, 0.05) is 85.1 Å². The molecule has 68 heavy (non-hydrogen) atoms. The highest BCUT2D eigenvalue weighted by Crippen LogP contribution is 2.58. The van der Waals surface area contributed by atoms with E-state index in [-0.39, 0.29) is 0 Å². The molecule has 10 heteroatoms. The molecule has 0 N–H and O–H groups in total. The van der Waals surface area contributed by atoms with Crippen molar-refractivity contribution >= 4 is 136 Å². The monoisotopic (exact) mass is 994 g/mol. The van der Waals surface area contributed by atoms with Crippen LogP contribution in [0.2, 0.25) is 30.1 Å². The molecule has 0 spiro atoms. The number of aliphatic imine (C=N–C) groups is 4. The first-order valence-electron chi connectivity index (χ1n) is 21.8. The Morgan fingerprint density at radius 3 is 0.691 bits per heavy atom. The molecule has 4 nitrogen and oxygen atoms in total. The van der Waals surface area contributed by atoms with Crippen LogP contribution in [0, 0.1) is 0 Å². The van der Waals surface area contributed by atoms with E-state index in [0.29, 0.717) is 64.1 Å². The maximum atomic E-state index is 7.55. The van der Waals surface area contributed by atoms with Crippen molar-refractivity contribution in [3.05, 3.63) is 258 Å². The van der Waals surface area contributed by atoms with Crippen molar-refractivity contribution in [1.82, 2.24) is 0 Å². The molecule has 0 aliphatic carbocycles. The van der Waals surface area contributed by atoms with Gasteiger partial charge in [0.05, 0.1) is 22.8 Å². The topological polar surface area (TPSA) is 49.4 Å². The van der Waals surface area contributed by atoms with E-state index < -0.39 is 11.3 Å². The number of benzene rings is 10. The van der Waals surface area contributed by atoms with Crippen LogP contribution < -0.4 is 0 Å². The Morgan fingerprint density at radius 1 is 0.221 bits per heavy atom. The normalized spacial score (nSPS) is 15.2. The molecular weight excluding hydrogens is 965 g/mol. The highest BCUT2D eigenvalue weighted by atomic mass is 35.5. The van der Waals surface area contributed by atoms with Gasteiger partial charge < -0.3 is 0 Å². The van der Waals surface area contributed by atoms with Crippen LogP contribution in [0.4, 0.5) is 0 Å². The molecule has 0 unspecified atom stereocenters. The van der Waals surface area contributed by atoms with Crippen molar-refractivity contribution in [2.75, 3.05) is 0 Å². The van der Waals surface area contributed by atoms with Crippen molar-refractivity contribution in [1.29, 1.82) is 0 Å². The van der Waals surface area contributed by atoms with Gasteiger partial charge in [0.2, 0.25) is 11.3 Å². The van der Waals surface area contributed by atoms with E-state index >= 15 is 0 Å². The molecule has 10 aromatic carbocycles.